The molecule has 7 nitrogen and oxygen atoms in total. The first-order valence-corrected chi connectivity index (χ1v) is 13.2. The van der Waals surface area contributed by atoms with Crippen LogP contribution in [-0.4, -0.2) is 59.3 Å². The van der Waals surface area contributed by atoms with Gasteiger partial charge >= 0.3 is 6.18 Å². The van der Waals surface area contributed by atoms with Crippen molar-refractivity contribution >= 4 is 16.9 Å². The molecule has 0 radical (unpaired) electrons. The lowest BCUT2D eigenvalue weighted by Gasteiger charge is -2.39. The number of halogens is 3. The van der Waals surface area contributed by atoms with Crippen molar-refractivity contribution in [2.24, 2.45) is 0 Å². The SMILES string of the molecule is COc1nc2ncnc(N[C@H](C)c3cccc(C(F)(F)F)c3C)c2cc1C1CCN(C2CCOCC2)CC1. The number of aromatic nitrogens is 3. The summed E-state index contributed by atoms with van der Waals surface area (Å²) in [6.07, 6.45) is 1.17. The molecule has 3 aromatic rings. The Morgan fingerprint density at radius 2 is 1.84 bits per heavy atom. The average Bonchev–Trinajstić information content (AvgIpc) is 2.92. The third kappa shape index (κ3) is 5.42. The first kappa shape index (κ1) is 26.6. The van der Waals surface area contributed by atoms with Crippen molar-refractivity contribution in [1.29, 1.82) is 0 Å². The molecular formula is C28H34F3N5O2. The van der Waals surface area contributed by atoms with Crippen molar-refractivity contribution in [2.45, 2.75) is 63.7 Å². The molecule has 2 fully saturated rings. The van der Waals surface area contributed by atoms with E-state index in [9.17, 15) is 13.2 Å². The highest BCUT2D eigenvalue weighted by Crippen LogP contribution is 2.38. The van der Waals surface area contributed by atoms with E-state index < -0.39 is 17.8 Å². The zero-order valence-corrected chi connectivity index (χ0v) is 22.0. The van der Waals surface area contributed by atoms with Gasteiger partial charge in [-0.1, -0.05) is 12.1 Å². The van der Waals surface area contributed by atoms with Crippen molar-refractivity contribution < 1.29 is 22.6 Å². The minimum Gasteiger partial charge on any atom is -0.481 e. The summed E-state index contributed by atoms with van der Waals surface area (Å²) in [5, 5.41) is 4.05. The molecular weight excluding hydrogens is 495 g/mol. The number of nitrogens with one attached hydrogen (secondary N) is 1. The van der Waals surface area contributed by atoms with Gasteiger partial charge in [0.1, 0.15) is 12.1 Å². The first-order chi connectivity index (χ1) is 18.3. The molecule has 38 heavy (non-hydrogen) atoms. The van der Waals surface area contributed by atoms with E-state index in [1.54, 1.807) is 13.2 Å². The number of alkyl halides is 3. The van der Waals surface area contributed by atoms with Gasteiger partial charge in [-0.25, -0.2) is 9.97 Å². The van der Waals surface area contributed by atoms with Gasteiger partial charge in [-0.2, -0.15) is 18.2 Å². The fourth-order valence-corrected chi connectivity index (χ4v) is 5.90. The predicted octanol–water partition coefficient (Wildman–Crippen LogP) is 5.89. The Bertz CT molecular complexity index is 1270. The Morgan fingerprint density at radius 1 is 1.11 bits per heavy atom. The summed E-state index contributed by atoms with van der Waals surface area (Å²) in [6, 6.07) is 6.49. The van der Waals surface area contributed by atoms with E-state index >= 15 is 0 Å². The maximum Gasteiger partial charge on any atom is 0.416 e. The summed E-state index contributed by atoms with van der Waals surface area (Å²) in [5.74, 6) is 1.39. The molecule has 1 atom stereocenters. The molecule has 0 aliphatic carbocycles. The Balaban J connectivity index is 1.41. The summed E-state index contributed by atoms with van der Waals surface area (Å²) in [4.78, 5) is 16.1. The highest BCUT2D eigenvalue weighted by Gasteiger charge is 2.33. The standard InChI is InChI=1S/C28H34F3N5O2/c1-17-21(5-4-6-24(17)28(29,30)31)18(2)34-25-23-15-22(27(37-3)35-26(23)33-16-32-25)19-7-11-36(12-8-19)20-9-13-38-14-10-20/h4-6,15-16,18-20H,7-14H2,1-3H3,(H,32,33,34,35)/t18-/m1/s1. The fourth-order valence-electron chi connectivity index (χ4n) is 5.90. The molecule has 4 heterocycles. The van der Waals surface area contributed by atoms with E-state index in [0.717, 1.165) is 69.0 Å². The topological polar surface area (TPSA) is 72.4 Å². The van der Waals surface area contributed by atoms with Gasteiger partial charge in [0.15, 0.2) is 5.65 Å². The quantitative estimate of drug-likeness (QED) is 0.427. The van der Waals surface area contributed by atoms with E-state index in [1.807, 2.05) is 13.0 Å². The molecule has 2 saturated heterocycles. The Kier molecular flexibility index (Phi) is 7.72. The highest BCUT2D eigenvalue weighted by molar-refractivity contribution is 5.87. The van der Waals surface area contributed by atoms with E-state index in [2.05, 4.69) is 20.2 Å². The third-order valence-electron chi connectivity index (χ3n) is 7.99. The third-order valence-corrected chi connectivity index (χ3v) is 7.99. The largest absolute Gasteiger partial charge is 0.481 e. The number of hydrogen-bond donors (Lipinski definition) is 1. The molecule has 2 aliphatic rings. The van der Waals surface area contributed by atoms with Crippen LogP contribution in [0.4, 0.5) is 19.0 Å². The Morgan fingerprint density at radius 3 is 2.53 bits per heavy atom. The van der Waals surface area contributed by atoms with Gasteiger partial charge in [-0.3, -0.25) is 0 Å². The van der Waals surface area contributed by atoms with E-state index in [0.29, 0.717) is 29.0 Å². The smallest absolute Gasteiger partial charge is 0.416 e. The van der Waals surface area contributed by atoms with Crippen LogP contribution < -0.4 is 10.1 Å². The monoisotopic (exact) mass is 529 g/mol. The summed E-state index contributed by atoms with van der Waals surface area (Å²) in [5.41, 5.74) is 1.64. The molecule has 10 heteroatoms. The molecule has 5 rings (SSSR count). The predicted molar refractivity (Wildman–Crippen MR) is 139 cm³/mol. The number of pyridine rings is 1. The zero-order valence-electron chi connectivity index (χ0n) is 22.0. The molecule has 204 valence electrons. The number of likely N-dealkylation sites (tertiary alicyclic amines) is 1. The number of rotatable bonds is 6. The van der Waals surface area contributed by atoms with E-state index in [-0.39, 0.29) is 11.5 Å². The number of fused-ring (bicyclic) bond motifs is 1. The summed E-state index contributed by atoms with van der Waals surface area (Å²) in [6.45, 7) is 7.03. The van der Waals surface area contributed by atoms with Gasteiger partial charge in [-0.05, 0) is 81.8 Å². The van der Waals surface area contributed by atoms with Crippen LogP contribution in [0.5, 0.6) is 5.88 Å². The lowest BCUT2D eigenvalue weighted by molar-refractivity contribution is -0.138. The number of hydrogen-bond acceptors (Lipinski definition) is 7. The number of nitrogens with zero attached hydrogens (tertiary/aromatic N) is 4. The number of anilines is 1. The van der Waals surface area contributed by atoms with Crippen LogP contribution in [0, 0.1) is 6.92 Å². The van der Waals surface area contributed by atoms with Crippen molar-refractivity contribution in [3.8, 4) is 5.88 Å². The lowest BCUT2D eigenvalue weighted by Crippen LogP contribution is -2.43. The lowest BCUT2D eigenvalue weighted by atomic mass is 9.88. The number of methoxy groups -OCH3 is 1. The molecule has 0 spiro atoms. The summed E-state index contributed by atoms with van der Waals surface area (Å²) in [7, 11) is 1.62. The van der Waals surface area contributed by atoms with Gasteiger partial charge in [0.25, 0.3) is 0 Å². The normalized spacial score (nSPS) is 19.0. The number of benzene rings is 1. The van der Waals surface area contributed by atoms with E-state index in [1.165, 1.54) is 19.3 Å². The van der Waals surface area contributed by atoms with Crippen LogP contribution in [0.1, 0.15) is 66.8 Å². The molecule has 0 saturated carbocycles. The molecule has 0 amide bonds. The van der Waals surface area contributed by atoms with Crippen LogP contribution >= 0.6 is 0 Å². The van der Waals surface area contributed by atoms with Crippen molar-refractivity contribution in [2.75, 3.05) is 38.7 Å². The van der Waals surface area contributed by atoms with Gasteiger partial charge in [0.2, 0.25) is 5.88 Å². The van der Waals surface area contributed by atoms with Gasteiger partial charge in [0.05, 0.1) is 24.1 Å². The molecule has 2 aromatic heterocycles. The Labute approximate surface area is 220 Å². The van der Waals surface area contributed by atoms with Crippen LogP contribution in [0.15, 0.2) is 30.6 Å². The maximum atomic E-state index is 13.5. The first-order valence-electron chi connectivity index (χ1n) is 13.2. The molecule has 0 bridgehead atoms. The minimum absolute atomic E-state index is 0.204. The molecule has 1 N–H and O–H groups in total. The van der Waals surface area contributed by atoms with Gasteiger partial charge in [-0.15, -0.1) is 0 Å². The number of piperidine rings is 1. The average molecular weight is 530 g/mol. The van der Waals surface area contributed by atoms with Crippen molar-refractivity contribution in [1.82, 2.24) is 19.9 Å². The minimum atomic E-state index is -4.41. The summed E-state index contributed by atoms with van der Waals surface area (Å²) >= 11 is 0. The molecule has 0 unspecified atom stereocenters. The molecule has 2 aliphatic heterocycles. The second-order valence-electron chi connectivity index (χ2n) is 10.2. The van der Waals surface area contributed by atoms with Crippen molar-refractivity contribution in [3.63, 3.8) is 0 Å². The molecule has 1 aromatic carbocycles. The summed E-state index contributed by atoms with van der Waals surface area (Å²) < 4.78 is 51.6. The van der Waals surface area contributed by atoms with Crippen LogP contribution in [0.25, 0.3) is 11.0 Å². The Hall–Kier alpha value is -2.98. The second kappa shape index (κ2) is 11.0. The van der Waals surface area contributed by atoms with Crippen molar-refractivity contribution in [3.05, 3.63) is 52.8 Å². The number of ether oxygens (including phenoxy) is 2. The maximum absolute atomic E-state index is 13.5. The highest BCUT2D eigenvalue weighted by atomic mass is 19.4. The van der Waals surface area contributed by atoms with Gasteiger partial charge in [0, 0.05) is 24.8 Å². The van der Waals surface area contributed by atoms with E-state index in [4.69, 9.17) is 14.5 Å². The fraction of sp³-hybridized carbons (Fsp3) is 0.536. The van der Waals surface area contributed by atoms with Gasteiger partial charge < -0.3 is 19.7 Å². The van der Waals surface area contributed by atoms with Crippen LogP contribution in [0.3, 0.4) is 0 Å². The second-order valence-corrected chi connectivity index (χ2v) is 10.2. The van der Waals surface area contributed by atoms with Crippen LogP contribution in [-0.2, 0) is 10.9 Å². The zero-order chi connectivity index (χ0) is 26.9. The van der Waals surface area contributed by atoms with Crippen LogP contribution in [0.2, 0.25) is 0 Å².